The van der Waals surface area contributed by atoms with Crippen molar-refractivity contribution in [3.63, 3.8) is 0 Å². The summed E-state index contributed by atoms with van der Waals surface area (Å²) in [5, 5.41) is 6.38. The lowest BCUT2D eigenvalue weighted by molar-refractivity contribution is -0.125. The molecule has 0 saturated carbocycles. The van der Waals surface area contributed by atoms with Crippen LogP contribution in [-0.4, -0.2) is 50.1 Å². The molecular weight excluding hydrogens is 202 g/mol. The first-order valence-corrected chi connectivity index (χ1v) is 6.37. The number of amides is 1. The normalized spacial score (nSPS) is 35.5. The second kappa shape index (κ2) is 5.15. The molecule has 1 amide bonds. The van der Waals surface area contributed by atoms with Crippen LogP contribution < -0.4 is 10.6 Å². The minimum absolute atomic E-state index is 0.173. The molecule has 2 N–H and O–H groups in total. The van der Waals surface area contributed by atoms with Gasteiger partial charge in [-0.05, 0) is 38.9 Å². The number of hydrogen-bond acceptors (Lipinski definition) is 3. The van der Waals surface area contributed by atoms with Crippen molar-refractivity contribution in [2.45, 2.75) is 25.8 Å². The van der Waals surface area contributed by atoms with Gasteiger partial charge in [-0.3, -0.25) is 4.79 Å². The highest BCUT2D eigenvalue weighted by molar-refractivity contribution is 5.79. The van der Waals surface area contributed by atoms with E-state index in [2.05, 4.69) is 29.5 Å². The molecule has 2 heterocycles. The highest BCUT2D eigenvalue weighted by atomic mass is 16.1. The van der Waals surface area contributed by atoms with Gasteiger partial charge >= 0.3 is 0 Å². The molecular formula is C12H23N3O. The van der Waals surface area contributed by atoms with Crippen LogP contribution in [-0.2, 0) is 4.79 Å². The molecule has 0 aromatic carbocycles. The Morgan fingerprint density at radius 3 is 2.88 bits per heavy atom. The average Bonchev–Trinajstić information content (AvgIpc) is 2.84. The lowest BCUT2D eigenvalue weighted by atomic mass is 9.97. The Morgan fingerprint density at radius 1 is 1.50 bits per heavy atom. The minimum Gasteiger partial charge on any atom is -0.354 e. The maximum Gasteiger partial charge on any atom is 0.224 e. The third kappa shape index (κ3) is 2.55. The first-order valence-electron chi connectivity index (χ1n) is 6.37. The number of carbonyl (C=O) groups excluding carboxylic acids is 1. The highest BCUT2D eigenvalue weighted by Crippen LogP contribution is 2.17. The summed E-state index contributed by atoms with van der Waals surface area (Å²) in [7, 11) is 2.14. The highest BCUT2D eigenvalue weighted by Gasteiger charge is 2.30. The smallest absolute Gasteiger partial charge is 0.224 e. The average molecular weight is 225 g/mol. The van der Waals surface area contributed by atoms with Crippen molar-refractivity contribution in [1.29, 1.82) is 0 Å². The van der Waals surface area contributed by atoms with Crippen LogP contribution in [0.4, 0.5) is 0 Å². The summed E-state index contributed by atoms with van der Waals surface area (Å²) in [6.45, 7) is 5.95. The van der Waals surface area contributed by atoms with Crippen molar-refractivity contribution >= 4 is 5.91 Å². The lowest BCUT2D eigenvalue weighted by Gasteiger charge is -2.21. The Labute approximate surface area is 97.8 Å². The molecule has 0 spiro atoms. The molecule has 92 valence electrons. The fraction of sp³-hybridized carbons (Fsp3) is 0.917. The molecule has 0 radical (unpaired) electrons. The molecule has 0 aliphatic carbocycles. The Morgan fingerprint density at radius 2 is 2.31 bits per heavy atom. The molecule has 2 saturated heterocycles. The quantitative estimate of drug-likeness (QED) is 0.713. The van der Waals surface area contributed by atoms with E-state index in [1.54, 1.807) is 0 Å². The Bertz CT molecular complexity index is 257. The number of likely N-dealkylation sites (tertiary alicyclic amines) is 1. The van der Waals surface area contributed by atoms with Crippen molar-refractivity contribution in [2.24, 2.45) is 11.8 Å². The fourth-order valence-corrected chi connectivity index (χ4v) is 2.75. The summed E-state index contributed by atoms with van der Waals surface area (Å²) >= 11 is 0. The van der Waals surface area contributed by atoms with E-state index in [9.17, 15) is 4.79 Å². The molecule has 4 heteroatoms. The molecule has 0 aromatic rings. The van der Waals surface area contributed by atoms with Crippen molar-refractivity contribution < 1.29 is 4.79 Å². The van der Waals surface area contributed by atoms with Gasteiger partial charge in [-0.25, -0.2) is 0 Å². The van der Waals surface area contributed by atoms with E-state index in [1.807, 2.05) is 0 Å². The molecule has 2 fully saturated rings. The number of rotatable bonds is 3. The lowest BCUT2D eigenvalue weighted by Crippen LogP contribution is -2.42. The molecule has 2 aliphatic heterocycles. The van der Waals surface area contributed by atoms with Crippen LogP contribution >= 0.6 is 0 Å². The van der Waals surface area contributed by atoms with Crippen LogP contribution in [0.15, 0.2) is 0 Å². The topological polar surface area (TPSA) is 44.4 Å². The number of carbonyl (C=O) groups is 1. The number of likely N-dealkylation sites (N-methyl/N-ethyl adjacent to an activating group) is 1. The van der Waals surface area contributed by atoms with Crippen LogP contribution in [0.25, 0.3) is 0 Å². The molecule has 0 bridgehead atoms. The summed E-state index contributed by atoms with van der Waals surface area (Å²) < 4.78 is 0. The summed E-state index contributed by atoms with van der Waals surface area (Å²) in [4.78, 5) is 14.3. The standard InChI is InChI=1S/C12H23N3O/c1-9-6-13-8-11(9)12(16)14-7-10-4-3-5-15(10)2/h9-11,13H,3-8H2,1-2H3,(H,14,16)/t9-,10?,11-/m1/s1. The van der Waals surface area contributed by atoms with Gasteiger partial charge in [0, 0.05) is 19.1 Å². The van der Waals surface area contributed by atoms with Gasteiger partial charge in [0.05, 0.1) is 5.92 Å². The predicted octanol–water partition coefficient (Wildman–Crippen LogP) is 0.0523. The number of hydrogen-bond donors (Lipinski definition) is 2. The van der Waals surface area contributed by atoms with Gasteiger partial charge in [0.1, 0.15) is 0 Å². The van der Waals surface area contributed by atoms with Crippen molar-refractivity contribution in [3.8, 4) is 0 Å². The first kappa shape index (κ1) is 11.9. The zero-order valence-electron chi connectivity index (χ0n) is 10.3. The zero-order valence-corrected chi connectivity index (χ0v) is 10.3. The fourth-order valence-electron chi connectivity index (χ4n) is 2.75. The summed E-state index contributed by atoms with van der Waals surface area (Å²) in [5.41, 5.74) is 0. The van der Waals surface area contributed by atoms with Gasteiger partial charge in [0.15, 0.2) is 0 Å². The van der Waals surface area contributed by atoms with Crippen LogP contribution in [0.1, 0.15) is 19.8 Å². The molecule has 2 aliphatic rings. The molecule has 4 nitrogen and oxygen atoms in total. The van der Waals surface area contributed by atoms with Crippen molar-refractivity contribution in [1.82, 2.24) is 15.5 Å². The second-order valence-corrected chi connectivity index (χ2v) is 5.26. The predicted molar refractivity (Wildman–Crippen MR) is 64.2 cm³/mol. The maximum absolute atomic E-state index is 11.9. The zero-order chi connectivity index (χ0) is 11.5. The van der Waals surface area contributed by atoms with Gasteiger partial charge in [-0.2, -0.15) is 0 Å². The van der Waals surface area contributed by atoms with E-state index >= 15 is 0 Å². The molecule has 1 unspecified atom stereocenters. The van der Waals surface area contributed by atoms with Crippen LogP contribution in [0.2, 0.25) is 0 Å². The Hall–Kier alpha value is -0.610. The van der Waals surface area contributed by atoms with Gasteiger partial charge in [0.2, 0.25) is 5.91 Å². The number of nitrogens with zero attached hydrogens (tertiary/aromatic N) is 1. The van der Waals surface area contributed by atoms with Gasteiger partial charge in [-0.1, -0.05) is 6.92 Å². The van der Waals surface area contributed by atoms with Crippen LogP contribution in [0.5, 0.6) is 0 Å². The molecule has 0 aromatic heterocycles. The molecule has 16 heavy (non-hydrogen) atoms. The van der Waals surface area contributed by atoms with Crippen LogP contribution in [0.3, 0.4) is 0 Å². The summed E-state index contributed by atoms with van der Waals surface area (Å²) in [6.07, 6.45) is 2.48. The van der Waals surface area contributed by atoms with E-state index < -0.39 is 0 Å². The summed E-state index contributed by atoms with van der Waals surface area (Å²) in [5.74, 6) is 0.880. The van der Waals surface area contributed by atoms with Crippen molar-refractivity contribution in [3.05, 3.63) is 0 Å². The van der Waals surface area contributed by atoms with E-state index in [0.717, 1.165) is 19.6 Å². The number of nitrogens with one attached hydrogen (secondary N) is 2. The first-order chi connectivity index (χ1) is 7.68. The maximum atomic E-state index is 11.9. The SMILES string of the molecule is C[C@@H]1CNC[C@H]1C(=O)NCC1CCCN1C. The third-order valence-corrected chi connectivity index (χ3v) is 4.04. The third-order valence-electron chi connectivity index (χ3n) is 4.04. The Balaban J connectivity index is 1.75. The molecule has 3 atom stereocenters. The van der Waals surface area contributed by atoms with E-state index in [-0.39, 0.29) is 11.8 Å². The van der Waals surface area contributed by atoms with Crippen LogP contribution in [0, 0.1) is 11.8 Å². The van der Waals surface area contributed by atoms with Gasteiger partial charge < -0.3 is 15.5 Å². The minimum atomic E-state index is 0.173. The largest absolute Gasteiger partial charge is 0.354 e. The van der Waals surface area contributed by atoms with Crippen molar-refractivity contribution in [2.75, 3.05) is 33.2 Å². The summed E-state index contributed by atoms with van der Waals surface area (Å²) in [6, 6.07) is 0.550. The monoisotopic (exact) mass is 225 g/mol. The van der Waals surface area contributed by atoms with E-state index in [0.29, 0.717) is 12.0 Å². The van der Waals surface area contributed by atoms with E-state index in [4.69, 9.17) is 0 Å². The molecule has 2 rings (SSSR count). The van der Waals surface area contributed by atoms with Gasteiger partial charge in [0.25, 0.3) is 0 Å². The Kier molecular flexibility index (Phi) is 3.82. The second-order valence-electron chi connectivity index (χ2n) is 5.26. The van der Waals surface area contributed by atoms with Gasteiger partial charge in [-0.15, -0.1) is 0 Å². The van der Waals surface area contributed by atoms with E-state index in [1.165, 1.54) is 19.4 Å².